The molecule has 2 aliphatic rings. The van der Waals surface area contributed by atoms with Gasteiger partial charge in [-0.1, -0.05) is 51.2 Å². The van der Waals surface area contributed by atoms with E-state index in [4.69, 9.17) is 0 Å². The normalized spacial score (nSPS) is 35.9. The van der Waals surface area contributed by atoms with Crippen LogP contribution >= 0.6 is 0 Å². The molecule has 0 aliphatic heterocycles. The zero-order valence-electron chi connectivity index (χ0n) is 11.2. The summed E-state index contributed by atoms with van der Waals surface area (Å²) in [6.45, 7) is 4.80. The van der Waals surface area contributed by atoms with Gasteiger partial charge in [0.15, 0.2) is 0 Å². The van der Waals surface area contributed by atoms with Gasteiger partial charge in [0.2, 0.25) is 0 Å². The van der Waals surface area contributed by atoms with Gasteiger partial charge in [-0.3, -0.25) is 0 Å². The summed E-state index contributed by atoms with van der Waals surface area (Å²) in [6.07, 6.45) is 15.6. The van der Waals surface area contributed by atoms with Crippen molar-refractivity contribution in [3.05, 3.63) is 11.6 Å². The molecule has 0 aromatic rings. The zero-order valence-corrected chi connectivity index (χ0v) is 11.2. The average Bonchev–Trinajstić information content (AvgIpc) is 2.30. The Balaban J connectivity index is 1.67. The van der Waals surface area contributed by atoms with Crippen molar-refractivity contribution < 1.29 is 0 Å². The molecule has 1 saturated carbocycles. The molecule has 0 radical (unpaired) electrons. The van der Waals surface area contributed by atoms with Gasteiger partial charge in [-0.15, -0.1) is 0 Å². The topological polar surface area (TPSA) is 0 Å². The fourth-order valence-electron chi connectivity index (χ4n) is 3.25. The first-order chi connectivity index (χ1) is 7.74. The second kappa shape index (κ2) is 5.89. The highest BCUT2D eigenvalue weighted by Crippen LogP contribution is 2.33. The van der Waals surface area contributed by atoms with E-state index < -0.39 is 0 Å². The second-order valence-corrected chi connectivity index (χ2v) is 6.41. The Morgan fingerprint density at radius 3 is 2.38 bits per heavy atom. The molecule has 0 N–H and O–H groups in total. The second-order valence-electron chi connectivity index (χ2n) is 6.41. The molecule has 1 fully saturated rings. The Kier molecular flexibility index (Phi) is 4.49. The van der Waals surface area contributed by atoms with E-state index in [1.165, 1.54) is 57.8 Å². The Morgan fingerprint density at radius 2 is 1.75 bits per heavy atom. The van der Waals surface area contributed by atoms with Crippen molar-refractivity contribution in [1.29, 1.82) is 0 Å². The first-order valence-electron chi connectivity index (χ1n) is 7.42. The maximum atomic E-state index is 2.54. The SMILES string of the molecule is CC1CC=C(CCC2CCC(C)CC2)CC1. The number of hydrogen-bond acceptors (Lipinski definition) is 0. The molecule has 2 rings (SSSR count). The third kappa shape index (κ3) is 3.64. The van der Waals surface area contributed by atoms with E-state index in [0.717, 1.165) is 17.8 Å². The highest BCUT2D eigenvalue weighted by molar-refractivity contribution is 5.06. The molecule has 2 aliphatic carbocycles. The fraction of sp³-hybridized carbons (Fsp3) is 0.875. The van der Waals surface area contributed by atoms with E-state index in [1.807, 2.05) is 0 Å². The lowest BCUT2D eigenvalue weighted by atomic mass is 9.79. The summed E-state index contributed by atoms with van der Waals surface area (Å²) in [6, 6.07) is 0. The number of rotatable bonds is 3. The summed E-state index contributed by atoms with van der Waals surface area (Å²) in [5.74, 6) is 3.00. The van der Waals surface area contributed by atoms with E-state index >= 15 is 0 Å². The van der Waals surface area contributed by atoms with Crippen LogP contribution in [0, 0.1) is 17.8 Å². The highest BCUT2D eigenvalue weighted by atomic mass is 14.2. The minimum atomic E-state index is 0.944. The van der Waals surface area contributed by atoms with Crippen LogP contribution in [0.25, 0.3) is 0 Å². The summed E-state index contributed by atoms with van der Waals surface area (Å²) in [7, 11) is 0. The van der Waals surface area contributed by atoms with Gasteiger partial charge in [-0.25, -0.2) is 0 Å². The Morgan fingerprint density at radius 1 is 1.00 bits per heavy atom. The van der Waals surface area contributed by atoms with Crippen LogP contribution in [0.5, 0.6) is 0 Å². The molecular weight excluding hydrogens is 192 g/mol. The van der Waals surface area contributed by atoms with Crippen molar-refractivity contribution in [2.45, 2.75) is 71.6 Å². The third-order valence-electron chi connectivity index (χ3n) is 4.78. The summed E-state index contributed by atoms with van der Waals surface area (Å²) < 4.78 is 0. The van der Waals surface area contributed by atoms with Gasteiger partial charge in [-0.2, -0.15) is 0 Å². The van der Waals surface area contributed by atoms with Crippen LogP contribution < -0.4 is 0 Å². The first-order valence-corrected chi connectivity index (χ1v) is 7.42. The molecule has 0 nitrogen and oxygen atoms in total. The van der Waals surface area contributed by atoms with Crippen LogP contribution in [0.4, 0.5) is 0 Å². The molecule has 0 saturated heterocycles. The van der Waals surface area contributed by atoms with Gasteiger partial charge >= 0.3 is 0 Å². The molecule has 92 valence electrons. The van der Waals surface area contributed by atoms with Gasteiger partial charge in [0.1, 0.15) is 0 Å². The molecular formula is C16H28. The monoisotopic (exact) mass is 220 g/mol. The lowest BCUT2D eigenvalue weighted by molar-refractivity contribution is 0.276. The lowest BCUT2D eigenvalue weighted by Gasteiger charge is -2.27. The predicted molar refractivity (Wildman–Crippen MR) is 71.5 cm³/mol. The first kappa shape index (κ1) is 12.2. The molecule has 0 aromatic heterocycles. The minimum absolute atomic E-state index is 0.944. The molecule has 0 bridgehead atoms. The third-order valence-corrected chi connectivity index (χ3v) is 4.78. The van der Waals surface area contributed by atoms with Crippen molar-refractivity contribution >= 4 is 0 Å². The van der Waals surface area contributed by atoms with Crippen LogP contribution in [0.2, 0.25) is 0 Å². The van der Waals surface area contributed by atoms with E-state index in [0.29, 0.717) is 0 Å². The Bertz CT molecular complexity index is 230. The summed E-state index contributed by atoms with van der Waals surface area (Å²) >= 11 is 0. The molecule has 0 heteroatoms. The van der Waals surface area contributed by atoms with Crippen molar-refractivity contribution in [2.24, 2.45) is 17.8 Å². The highest BCUT2D eigenvalue weighted by Gasteiger charge is 2.18. The lowest BCUT2D eigenvalue weighted by Crippen LogP contribution is -2.12. The van der Waals surface area contributed by atoms with Crippen LogP contribution in [0.15, 0.2) is 11.6 Å². The summed E-state index contributed by atoms with van der Waals surface area (Å²) in [4.78, 5) is 0. The largest absolute Gasteiger partial charge is 0.0851 e. The van der Waals surface area contributed by atoms with E-state index in [1.54, 1.807) is 5.57 Å². The van der Waals surface area contributed by atoms with Gasteiger partial charge in [0.05, 0.1) is 0 Å². The maximum Gasteiger partial charge on any atom is -0.0318 e. The van der Waals surface area contributed by atoms with Gasteiger partial charge < -0.3 is 0 Å². The zero-order chi connectivity index (χ0) is 11.4. The van der Waals surface area contributed by atoms with E-state index in [2.05, 4.69) is 19.9 Å². The molecule has 1 unspecified atom stereocenters. The standard InChI is InChI=1S/C16H28/c1-13-3-7-15(8-4-13)11-12-16-9-5-14(2)6-10-16/h7,13-14,16H,3-6,8-12H2,1-2H3. The van der Waals surface area contributed by atoms with Gasteiger partial charge in [-0.05, 0) is 49.9 Å². The number of hydrogen-bond donors (Lipinski definition) is 0. The van der Waals surface area contributed by atoms with E-state index in [9.17, 15) is 0 Å². The Labute approximate surface area is 102 Å². The number of allylic oxidation sites excluding steroid dienone is 2. The van der Waals surface area contributed by atoms with Crippen molar-refractivity contribution in [3.8, 4) is 0 Å². The van der Waals surface area contributed by atoms with Crippen molar-refractivity contribution in [1.82, 2.24) is 0 Å². The molecule has 16 heavy (non-hydrogen) atoms. The van der Waals surface area contributed by atoms with Crippen molar-refractivity contribution in [3.63, 3.8) is 0 Å². The summed E-state index contributed by atoms with van der Waals surface area (Å²) in [5.41, 5.74) is 1.77. The maximum absolute atomic E-state index is 2.54. The van der Waals surface area contributed by atoms with Gasteiger partial charge in [0.25, 0.3) is 0 Å². The fourth-order valence-corrected chi connectivity index (χ4v) is 3.25. The van der Waals surface area contributed by atoms with Gasteiger partial charge in [0, 0.05) is 0 Å². The van der Waals surface area contributed by atoms with Crippen LogP contribution in [-0.4, -0.2) is 0 Å². The van der Waals surface area contributed by atoms with Crippen molar-refractivity contribution in [2.75, 3.05) is 0 Å². The summed E-state index contributed by atoms with van der Waals surface area (Å²) in [5, 5.41) is 0. The van der Waals surface area contributed by atoms with Crippen LogP contribution in [-0.2, 0) is 0 Å². The Hall–Kier alpha value is -0.260. The molecule has 0 aromatic carbocycles. The molecule has 1 atom stereocenters. The van der Waals surface area contributed by atoms with E-state index in [-0.39, 0.29) is 0 Å². The van der Waals surface area contributed by atoms with Crippen LogP contribution in [0.3, 0.4) is 0 Å². The smallest absolute Gasteiger partial charge is 0.0318 e. The molecule has 0 spiro atoms. The molecule has 0 amide bonds. The quantitative estimate of drug-likeness (QED) is 0.563. The van der Waals surface area contributed by atoms with Crippen LogP contribution in [0.1, 0.15) is 71.6 Å². The average molecular weight is 220 g/mol. The predicted octanol–water partition coefficient (Wildman–Crippen LogP) is 5.34. The minimum Gasteiger partial charge on any atom is -0.0851 e. The molecule has 0 heterocycles.